The summed E-state index contributed by atoms with van der Waals surface area (Å²) in [6.45, 7) is 0. The average molecular weight is 234 g/mol. The first-order chi connectivity index (χ1) is 7.67. The van der Waals surface area contributed by atoms with Gasteiger partial charge in [-0.15, -0.1) is 0 Å². The SMILES string of the molecule is COc1cccc(N/N=C(/C#N)C(N)=S)c1. The average Bonchev–Trinajstić information content (AvgIpc) is 2.29. The van der Waals surface area contributed by atoms with Gasteiger partial charge in [-0.1, -0.05) is 18.3 Å². The van der Waals surface area contributed by atoms with Crippen LogP contribution in [0.25, 0.3) is 0 Å². The summed E-state index contributed by atoms with van der Waals surface area (Å²) in [5.41, 5.74) is 8.62. The number of hydrogen-bond acceptors (Lipinski definition) is 5. The summed E-state index contributed by atoms with van der Waals surface area (Å²) in [4.78, 5) is -0.0436. The number of benzene rings is 1. The molecule has 0 atom stereocenters. The highest BCUT2D eigenvalue weighted by Gasteiger charge is 2.00. The third kappa shape index (κ3) is 3.22. The van der Waals surface area contributed by atoms with Gasteiger partial charge in [0.15, 0.2) is 5.71 Å². The zero-order valence-corrected chi connectivity index (χ0v) is 9.41. The summed E-state index contributed by atoms with van der Waals surface area (Å²) >= 11 is 4.64. The molecule has 5 nitrogen and oxygen atoms in total. The van der Waals surface area contributed by atoms with Gasteiger partial charge in [0, 0.05) is 6.07 Å². The van der Waals surface area contributed by atoms with Crippen LogP contribution in [0.4, 0.5) is 5.69 Å². The molecule has 0 saturated carbocycles. The molecule has 0 aliphatic carbocycles. The maximum atomic E-state index is 8.66. The molecule has 82 valence electrons. The van der Waals surface area contributed by atoms with Crippen molar-refractivity contribution < 1.29 is 4.74 Å². The van der Waals surface area contributed by atoms with E-state index in [0.717, 1.165) is 0 Å². The molecule has 0 amide bonds. The van der Waals surface area contributed by atoms with E-state index >= 15 is 0 Å². The Morgan fingerprint density at radius 2 is 2.38 bits per heavy atom. The first-order valence-corrected chi connectivity index (χ1v) is 4.76. The number of ether oxygens (including phenoxy) is 1. The van der Waals surface area contributed by atoms with Crippen LogP contribution < -0.4 is 15.9 Å². The van der Waals surface area contributed by atoms with Crippen molar-refractivity contribution >= 4 is 28.6 Å². The predicted octanol–water partition coefficient (Wildman–Crippen LogP) is 1.27. The van der Waals surface area contributed by atoms with Gasteiger partial charge in [-0.3, -0.25) is 5.43 Å². The quantitative estimate of drug-likeness (QED) is 0.465. The van der Waals surface area contributed by atoms with Gasteiger partial charge in [-0.2, -0.15) is 10.4 Å². The van der Waals surface area contributed by atoms with Gasteiger partial charge in [-0.25, -0.2) is 0 Å². The molecule has 0 bridgehead atoms. The van der Waals surface area contributed by atoms with Crippen molar-refractivity contribution in [3.63, 3.8) is 0 Å². The fraction of sp³-hybridized carbons (Fsp3) is 0.100. The lowest BCUT2D eigenvalue weighted by molar-refractivity contribution is 0.415. The highest BCUT2D eigenvalue weighted by molar-refractivity contribution is 7.82. The van der Waals surface area contributed by atoms with E-state index in [1.807, 2.05) is 0 Å². The first kappa shape index (κ1) is 11.9. The number of thiocarbonyl (C=S) groups is 1. The zero-order chi connectivity index (χ0) is 12.0. The van der Waals surface area contributed by atoms with Gasteiger partial charge < -0.3 is 10.5 Å². The Morgan fingerprint density at radius 1 is 1.62 bits per heavy atom. The number of rotatable bonds is 4. The van der Waals surface area contributed by atoms with Crippen molar-refractivity contribution in [2.45, 2.75) is 0 Å². The molecule has 0 unspecified atom stereocenters. The molecule has 16 heavy (non-hydrogen) atoms. The molecule has 0 aliphatic rings. The molecule has 0 aromatic heterocycles. The Hall–Kier alpha value is -2.13. The number of anilines is 1. The van der Waals surface area contributed by atoms with Gasteiger partial charge in [0.2, 0.25) is 0 Å². The van der Waals surface area contributed by atoms with Crippen LogP contribution in [0, 0.1) is 11.3 Å². The van der Waals surface area contributed by atoms with E-state index < -0.39 is 0 Å². The van der Waals surface area contributed by atoms with E-state index in [-0.39, 0.29) is 10.7 Å². The summed E-state index contributed by atoms with van der Waals surface area (Å²) in [6, 6.07) is 8.90. The normalized spacial score (nSPS) is 10.4. The van der Waals surface area contributed by atoms with Crippen LogP contribution >= 0.6 is 12.2 Å². The lowest BCUT2D eigenvalue weighted by atomic mass is 10.3. The second kappa shape index (κ2) is 5.68. The van der Waals surface area contributed by atoms with Crippen LogP contribution in [0.2, 0.25) is 0 Å². The number of nitrogens with one attached hydrogen (secondary N) is 1. The summed E-state index contributed by atoms with van der Waals surface area (Å²) < 4.78 is 5.03. The predicted molar refractivity (Wildman–Crippen MR) is 66.5 cm³/mol. The molecule has 1 aromatic carbocycles. The van der Waals surface area contributed by atoms with E-state index in [1.165, 1.54) is 0 Å². The van der Waals surface area contributed by atoms with Crippen LogP contribution in [0.1, 0.15) is 0 Å². The number of methoxy groups -OCH3 is 1. The first-order valence-electron chi connectivity index (χ1n) is 4.35. The van der Waals surface area contributed by atoms with Crippen molar-refractivity contribution in [2.24, 2.45) is 10.8 Å². The molecule has 0 spiro atoms. The number of nitrogens with two attached hydrogens (primary N) is 1. The van der Waals surface area contributed by atoms with Gasteiger partial charge in [-0.05, 0) is 12.1 Å². The summed E-state index contributed by atoms with van der Waals surface area (Å²) in [5, 5.41) is 12.4. The third-order valence-electron chi connectivity index (χ3n) is 1.71. The van der Waals surface area contributed by atoms with Crippen LogP contribution in [-0.2, 0) is 0 Å². The van der Waals surface area contributed by atoms with Crippen LogP contribution in [-0.4, -0.2) is 17.8 Å². The molecule has 0 aliphatic heterocycles. The molecule has 3 N–H and O–H groups in total. The molecule has 0 heterocycles. The van der Waals surface area contributed by atoms with Gasteiger partial charge in [0.05, 0.1) is 12.8 Å². The van der Waals surface area contributed by atoms with E-state index in [4.69, 9.17) is 15.7 Å². The smallest absolute Gasteiger partial charge is 0.194 e. The fourth-order valence-electron chi connectivity index (χ4n) is 0.948. The van der Waals surface area contributed by atoms with Crippen LogP contribution in [0.3, 0.4) is 0 Å². The lowest BCUT2D eigenvalue weighted by Gasteiger charge is -2.03. The van der Waals surface area contributed by atoms with Crippen molar-refractivity contribution in [2.75, 3.05) is 12.5 Å². The maximum absolute atomic E-state index is 8.66. The van der Waals surface area contributed by atoms with Crippen LogP contribution in [0.15, 0.2) is 29.4 Å². The molecule has 0 saturated heterocycles. The molecular weight excluding hydrogens is 224 g/mol. The van der Waals surface area contributed by atoms with Crippen molar-refractivity contribution in [1.29, 1.82) is 5.26 Å². The fourth-order valence-corrected chi connectivity index (χ4v) is 1.04. The van der Waals surface area contributed by atoms with Crippen molar-refractivity contribution in [1.82, 2.24) is 0 Å². The molecule has 1 rings (SSSR count). The van der Waals surface area contributed by atoms with Crippen molar-refractivity contribution in [3.05, 3.63) is 24.3 Å². The van der Waals surface area contributed by atoms with E-state index in [2.05, 4.69) is 22.7 Å². The molecule has 6 heteroatoms. The largest absolute Gasteiger partial charge is 0.497 e. The minimum absolute atomic E-state index is 0.0159. The minimum atomic E-state index is -0.0436. The Morgan fingerprint density at radius 3 is 2.94 bits per heavy atom. The highest BCUT2D eigenvalue weighted by atomic mass is 32.1. The topological polar surface area (TPSA) is 83.4 Å². The standard InChI is InChI=1S/C10H10N4OS/c1-15-8-4-2-3-7(5-8)13-14-9(6-11)10(12)16/h2-5,13H,1H3,(H2,12,16)/b14-9-. The minimum Gasteiger partial charge on any atom is -0.497 e. The number of hydrazone groups is 1. The van der Waals surface area contributed by atoms with Crippen molar-refractivity contribution in [3.8, 4) is 11.8 Å². The lowest BCUT2D eigenvalue weighted by Crippen LogP contribution is -2.20. The van der Waals surface area contributed by atoms with Crippen LogP contribution in [0.5, 0.6) is 5.75 Å². The number of nitriles is 1. The van der Waals surface area contributed by atoms with E-state index in [1.54, 1.807) is 37.4 Å². The van der Waals surface area contributed by atoms with Gasteiger partial charge in [0.1, 0.15) is 16.8 Å². The molecule has 0 radical (unpaired) electrons. The Balaban J connectivity index is 2.81. The second-order valence-electron chi connectivity index (χ2n) is 2.78. The Kier molecular flexibility index (Phi) is 4.24. The highest BCUT2D eigenvalue weighted by Crippen LogP contribution is 2.16. The molecule has 1 aromatic rings. The monoisotopic (exact) mass is 234 g/mol. The number of nitrogens with zero attached hydrogens (tertiary/aromatic N) is 2. The Bertz CT molecular complexity index is 464. The second-order valence-corrected chi connectivity index (χ2v) is 3.22. The molecular formula is C10H10N4OS. The Labute approximate surface area is 98.5 Å². The summed E-state index contributed by atoms with van der Waals surface area (Å²) in [7, 11) is 1.57. The molecule has 0 fully saturated rings. The van der Waals surface area contributed by atoms with E-state index in [0.29, 0.717) is 11.4 Å². The zero-order valence-electron chi connectivity index (χ0n) is 8.60. The summed E-state index contributed by atoms with van der Waals surface area (Å²) in [5.74, 6) is 0.689. The number of hydrogen-bond donors (Lipinski definition) is 2. The van der Waals surface area contributed by atoms with Gasteiger partial charge in [0.25, 0.3) is 0 Å². The van der Waals surface area contributed by atoms with E-state index in [9.17, 15) is 0 Å². The summed E-state index contributed by atoms with van der Waals surface area (Å²) in [6.07, 6.45) is 0. The third-order valence-corrected chi connectivity index (χ3v) is 1.90. The van der Waals surface area contributed by atoms with Gasteiger partial charge >= 0.3 is 0 Å². The maximum Gasteiger partial charge on any atom is 0.194 e.